The smallest absolute Gasteiger partial charge is 0.416 e. The molecule has 1 aromatic heterocycles. The summed E-state index contributed by atoms with van der Waals surface area (Å²) < 4.78 is 50.2. The molecule has 7 nitrogen and oxygen atoms in total. The van der Waals surface area contributed by atoms with Crippen molar-refractivity contribution in [2.24, 2.45) is 5.92 Å². The molecule has 5 rings (SSSR count). The van der Waals surface area contributed by atoms with Crippen LogP contribution >= 0.6 is 0 Å². The molecule has 0 aliphatic carbocycles. The number of hydrogen-bond acceptors (Lipinski definition) is 6. The molecule has 1 saturated heterocycles. The van der Waals surface area contributed by atoms with Crippen molar-refractivity contribution in [3.8, 4) is 22.8 Å². The molecule has 10 heteroatoms. The van der Waals surface area contributed by atoms with Gasteiger partial charge < -0.3 is 19.7 Å². The zero-order valence-corrected chi connectivity index (χ0v) is 23.6. The standard InChI is InChI=1S/C32H33F3N4O3/c1-3-39-14-4-5-22(18-39)19-42-29-17-27-26(16-28(29)41-2)31(37-20-36-27)23-8-12-25(13-9-23)38-30(40)15-21-6-10-24(11-7-21)32(33,34)35/h6-13,16-17,20,22H,3-5,14-15,18-19H2,1-2H3,(H,38,40)/t22-/m0/s1. The first-order chi connectivity index (χ1) is 20.2. The third-order valence-electron chi connectivity index (χ3n) is 7.53. The van der Waals surface area contributed by atoms with Crippen LogP contribution in [0, 0.1) is 5.92 Å². The molecule has 1 aliphatic heterocycles. The molecule has 1 N–H and O–H groups in total. The fourth-order valence-electron chi connectivity index (χ4n) is 5.26. The summed E-state index contributed by atoms with van der Waals surface area (Å²) in [5, 5.41) is 3.59. The predicted octanol–water partition coefficient (Wildman–Crippen LogP) is 6.62. The lowest BCUT2D eigenvalue weighted by atomic mass is 9.99. The van der Waals surface area contributed by atoms with Gasteiger partial charge >= 0.3 is 6.18 Å². The Balaban J connectivity index is 1.27. The van der Waals surface area contributed by atoms with Crippen LogP contribution in [0.3, 0.4) is 0 Å². The molecule has 0 spiro atoms. The van der Waals surface area contributed by atoms with Crippen LogP contribution in [0.1, 0.15) is 30.9 Å². The van der Waals surface area contributed by atoms with E-state index in [-0.39, 0.29) is 12.3 Å². The summed E-state index contributed by atoms with van der Waals surface area (Å²) in [6, 6.07) is 15.5. The van der Waals surface area contributed by atoms with Gasteiger partial charge in [0, 0.05) is 35.2 Å². The van der Waals surface area contributed by atoms with E-state index in [9.17, 15) is 18.0 Å². The van der Waals surface area contributed by atoms with Crippen molar-refractivity contribution in [2.75, 3.05) is 38.7 Å². The van der Waals surface area contributed by atoms with Gasteiger partial charge in [-0.15, -0.1) is 0 Å². The Morgan fingerprint density at radius 3 is 2.50 bits per heavy atom. The molecular weight excluding hydrogens is 545 g/mol. The number of hydrogen-bond donors (Lipinski definition) is 1. The number of likely N-dealkylation sites (tertiary alicyclic amines) is 1. The maximum Gasteiger partial charge on any atom is 0.416 e. The van der Waals surface area contributed by atoms with E-state index < -0.39 is 11.7 Å². The van der Waals surface area contributed by atoms with Crippen molar-refractivity contribution < 1.29 is 27.4 Å². The second kappa shape index (κ2) is 12.8. The number of benzene rings is 3. The zero-order valence-electron chi connectivity index (χ0n) is 23.6. The Morgan fingerprint density at radius 1 is 1.05 bits per heavy atom. The lowest BCUT2D eigenvalue weighted by Gasteiger charge is -2.31. The summed E-state index contributed by atoms with van der Waals surface area (Å²) in [5.74, 6) is 1.39. The normalized spacial score (nSPS) is 15.9. The lowest BCUT2D eigenvalue weighted by molar-refractivity contribution is -0.137. The van der Waals surface area contributed by atoms with Crippen LogP contribution in [0.4, 0.5) is 18.9 Å². The summed E-state index contributed by atoms with van der Waals surface area (Å²) in [6.45, 7) is 6.02. The number of alkyl halides is 3. The third kappa shape index (κ3) is 6.99. The van der Waals surface area contributed by atoms with Gasteiger partial charge in [0.25, 0.3) is 0 Å². The summed E-state index contributed by atoms with van der Waals surface area (Å²) in [6.07, 6.45) is -0.629. The number of amides is 1. The summed E-state index contributed by atoms with van der Waals surface area (Å²) in [4.78, 5) is 23.9. The Bertz CT molecular complexity index is 1530. The van der Waals surface area contributed by atoms with E-state index in [1.54, 1.807) is 19.2 Å². The average molecular weight is 579 g/mol. The number of rotatable bonds is 9. The highest BCUT2D eigenvalue weighted by atomic mass is 19.4. The highest BCUT2D eigenvalue weighted by molar-refractivity contribution is 5.95. The van der Waals surface area contributed by atoms with E-state index >= 15 is 0 Å². The number of piperidine rings is 1. The molecule has 42 heavy (non-hydrogen) atoms. The van der Waals surface area contributed by atoms with E-state index in [2.05, 4.69) is 27.1 Å². The number of carbonyl (C=O) groups excluding carboxylic acids is 1. The Labute approximate surface area is 242 Å². The fourth-order valence-corrected chi connectivity index (χ4v) is 5.26. The molecule has 1 aliphatic rings. The highest BCUT2D eigenvalue weighted by Gasteiger charge is 2.30. The van der Waals surface area contributed by atoms with Crippen LogP contribution in [0.5, 0.6) is 11.5 Å². The minimum atomic E-state index is -4.41. The van der Waals surface area contributed by atoms with Crippen molar-refractivity contribution >= 4 is 22.5 Å². The molecule has 0 saturated carbocycles. The van der Waals surface area contributed by atoms with Crippen LogP contribution in [0.15, 0.2) is 67.0 Å². The van der Waals surface area contributed by atoms with Crippen LogP contribution in [-0.4, -0.2) is 54.1 Å². The van der Waals surface area contributed by atoms with Crippen LogP contribution < -0.4 is 14.8 Å². The van der Waals surface area contributed by atoms with E-state index in [1.165, 1.54) is 24.9 Å². The molecule has 3 aromatic carbocycles. The van der Waals surface area contributed by atoms with Crippen LogP contribution in [-0.2, 0) is 17.4 Å². The average Bonchev–Trinajstić information content (AvgIpc) is 2.99. The quantitative estimate of drug-likeness (QED) is 0.241. The monoisotopic (exact) mass is 578 g/mol. The molecule has 0 bridgehead atoms. The number of anilines is 1. The van der Waals surface area contributed by atoms with Crippen molar-refractivity contribution in [3.05, 3.63) is 78.1 Å². The van der Waals surface area contributed by atoms with Gasteiger partial charge in [-0.25, -0.2) is 9.97 Å². The van der Waals surface area contributed by atoms with Gasteiger partial charge in [-0.1, -0.05) is 31.2 Å². The first-order valence-corrected chi connectivity index (χ1v) is 14.0. The van der Waals surface area contributed by atoms with Crippen molar-refractivity contribution in [1.82, 2.24) is 14.9 Å². The fraction of sp³-hybridized carbons (Fsp3) is 0.344. The van der Waals surface area contributed by atoms with Crippen molar-refractivity contribution in [2.45, 2.75) is 32.4 Å². The SMILES string of the molecule is CCN1CCC[C@H](COc2cc3ncnc(-c4ccc(NC(=O)Cc5ccc(C(F)(F)F)cc5)cc4)c3cc2OC)C1. The van der Waals surface area contributed by atoms with E-state index in [0.717, 1.165) is 54.7 Å². The summed E-state index contributed by atoms with van der Waals surface area (Å²) in [5.41, 5.74) is 2.56. The number of nitrogens with one attached hydrogen (secondary N) is 1. The first-order valence-electron chi connectivity index (χ1n) is 14.0. The zero-order chi connectivity index (χ0) is 29.7. The largest absolute Gasteiger partial charge is 0.493 e. The Kier molecular flexibility index (Phi) is 8.91. The maximum atomic E-state index is 12.8. The van der Waals surface area contributed by atoms with E-state index in [0.29, 0.717) is 41.0 Å². The molecule has 1 atom stereocenters. The van der Waals surface area contributed by atoms with Crippen molar-refractivity contribution in [3.63, 3.8) is 0 Å². The van der Waals surface area contributed by atoms with E-state index in [1.807, 2.05) is 24.3 Å². The van der Waals surface area contributed by atoms with Gasteiger partial charge in [0.1, 0.15) is 6.33 Å². The minimum Gasteiger partial charge on any atom is -0.493 e. The number of aromatic nitrogens is 2. The molecule has 4 aromatic rings. The molecule has 220 valence electrons. The number of carbonyl (C=O) groups is 1. The molecule has 0 radical (unpaired) electrons. The summed E-state index contributed by atoms with van der Waals surface area (Å²) >= 11 is 0. The number of methoxy groups -OCH3 is 1. The lowest BCUT2D eigenvalue weighted by Crippen LogP contribution is -2.37. The van der Waals surface area contributed by atoms with Gasteiger partial charge in [0.15, 0.2) is 11.5 Å². The minimum absolute atomic E-state index is 0.0434. The van der Waals surface area contributed by atoms with Crippen LogP contribution in [0.2, 0.25) is 0 Å². The third-order valence-corrected chi connectivity index (χ3v) is 7.53. The topological polar surface area (TPSA) is 76.6 Å². The molecule has 1 amide bonds. The Hall–Kier alpha value is -4.18. The molecule has 1 fully saturated rings. The molecule has 2 heterocycles. The second-order valence-corrected chi connectivity index (χ2v) is 10.5. The molecular formula is C32H33F3N4O3. The Morgan fingerprint density at radius 2 is 1.81 bits per heavy atom. The van der Waals surface area contributed by atoms with Gasteiger partial charge in [-0.3, -0.25) is 4.79 Å². The van der Waals surface area contributed by atoms with Gasteiger partial charge in [0.2, 0.25) is 5.91 Å². The first kappa shape index (κ1) is 29.3. The maximum absolute atomic E-state index is 12.8. The number of fused-ring (bicyclic) bond motifs is 1. The number of ether oxygens (including phenoxy) is 2. The second-order valence-electron chi connectivity index (χ2n) is 10.5. The van der Waals surface area contributed by atoms with E-state index in [4.69, 9.17) is 9.47 Å². The number of halogens is 3. The van der Waals surface area contributed by atoms with Gasteiger partial charge in [-0.2, -0.15) is 13.2 Å². The van der Waals surface area contributed by atoms with Crippen molar-refractivity contribution in [1.29, 1.82) is 0 Å². The van der Waals surface area contributed by atoms with Crippen LogP contribution in [0.25, 0.3) is 22.2 Å². The number of nitrogens with zero attached hydrogens (tertiary/aromatic N) is 3. The van der Waals surface area contributed by atoms with Gasteiger partial charge in [-0.05, 0) is 61.8 Å². The molecule has 0 unspecified atom stereocenters. The summed E-state index contributed by atoms with van der Waals surface area (Å²) in [7, 11) is 1.61. The predicted molar refractivity (Wildman–Crippen MR) is 156 cm³/mol. The van der Waals surface area contributed by atoms with Gasteiger partial charge in [0.05, 0.1) is 36.9 Å². The highest BCUT2D eigenvalue weighted by Crippen LogP contribution is 2.36.